The highest BCUT2D eigenvalue weighted by Crippen LogP contribution is 2.20. The van der Waals surface area contributed by atoms with Crippen molar-refractivity contribution >= 4 is 34.4 Å². The number of fused-ring (bicyclic) bond motifs is 1. The van der Waals surface area contributed by atoms with Gasteiger partial charge in [0.05, 0.1) is 28.1 Å². The van der Waals surface area contributed by atoms with Crippen molar-refractivity contribution in [3.05, 3.63) is 64.0 Å². The van der Waals surface area contributed by atoms with Gasteiger partial charge in [-0.15, -0.1) is 0 Å². The van der Waals surface area contributed by atoms with Crippen molar-refractivity contribution in [2.75, 3.05) is 5.32 Å². The number of aryl methyl sites for hydroxylation is 2. The molecule has 0 bridgehead atoms. The second-order valence-corrected chi connectivity index (χ2v) is 5.44. The predicted molar refractivity (Wildman–Crippen MR) is 94.0 cm³/mol. The first kappa shape index (κ1) is 16.3. The first-order valence-electron chi connectivity index (χ1n) is 7.47. The number of nitrogens with one attached hydrogen (secondary N) is 1. The lowest BCUT2D eigenvalue weighted by Crippen LogP contribution is -2.08. The summed E-state index contributed by atoms with van der Waals surface area (Å²) in [6, 6.07) is 8.01. The van der Waals surface area contributed by atoms with Crippen molar-refractivity contribution in [3.8, 4) is 0 Å². The number of para-hydroxylation sites is 1. The number of nitrogens with zero attached hydrogens (tertiary/aromatic N) is 4. The molecule has 0 unspecified atom stereocenters. The highest BCUT2D eigenvalue weighted by molar-refractivity contribution is 6.03. The van der Waals surface area contributed by atoms with Gasteiger partial charge in [-0.2, -0.15) is 5.10 Å². The molecule has 0 fully saturated rings. The van der Waals surface area contributed by atoms with E-state index in [1.165, 1.54) is 18.2 Å². The normalized spacial score (nSPS) is 11.1. The van der Waals surface area contributed by atoms with Gasteiger partial charge in [0.2, 0.25) is 5.91 Å². The Bertz CT molecular complexity index is 1010. The van der Waals surface area contributed by atoms with Crippen LogP contribution in [-0.2, 0) is 11.8 Å². The minimum absolute atomic E-state index is 0.0550. The van der Waals surface area contributed by atoms with E-state index in [0.29, 0.717) is 11.3 Å². The third-order valence-corrected chi connectivity index (χ3v) is 3.68. The molecule has 25 heavy (non-hydrogen) atoms. The summed E-state index contributed by atoms with van der Waals surface area (Å²) in [6.07, 6.45) is 4.21. The topological polar surface area (TPSA) is 103 Å². The van der Waals surface area contributed by atoms with Crippen molar-refractivity contribution in [1.82, 2.24) is 14.8 Å². The van der Waals surface area contributed by atoms with Crippen LogP contribution in [0.5, 0.6) is 0 Å². The molecule has 3 aromatic rings. The molecular formula is C17H15N5O3. The molecule has 2 aromatic heterocycles. The molecule has 0 spiro atoms. The highest BCUT2D eigenvalue weighted by atomic mass is 16.6. The zero-order chi connectivity index (χ0) is 18.0. The van der Waals surface area contributed by atoms with E-state index in [0.717, 1.165) is 16.7 Å². The van der Waals surface area contributed by atoms with E-state index in [4.69, 9.17) is 0 Å². The number of carbonyl (C=O) groups excluding carboxylic acids is 1. The van der Waals surface area contributed by atoms with Crippen LogP contribution in [0, 0.1) is 17.0 Å². The van der Waals surface area contributed by atoms with Gasteiger partial charge in [0, 0.05) is 24.6 Å². The fourth-order valence-electron chi connectivity index (χ4n) is 2.52. The fourth-order valence-corrected chi connectivity index (χ4v) is 2.52. The monoisotopic (exact) mass is 337 g/mol. The van der Waals surface area contributed by atoms with Gasteiger partial charge in [-0.3, -0.25) is 19.6 Å². The number of pyridine rings is 1. The van der Waals surface area contributed by atoms with Crippen molar-refractivity contribution in [2.24, 2.45) is 7.05 Å². The lowest BCUT2D eigenvalue weighted by molar-refractivity contribution is -0.385. The smallest absolute Gasteiger partial charge is 0.276 e. The first-order chi connectivity index (χ1) is 12.0. The van der Waals surface area contributed by atoms with Gasteiger partial charge in [-0.1, -0.05) is 12.1 Å². The van der Waals surface area contributed by atoms with Crippen molar-refractivity contribution in [2.45, 2.75) is 6.92 Å². The SMILES string of the molecule is Cc1nn(C)c2ncc(NC(=O)/C=C/c3ccccc3[N+](=O)[O-])cc12. The molecule has 2 heterocycles. The number of anilines is 1. The lowest BCUT2D eigenvalue weighted by Gasteiger charge is -2.02. The van der Waals surface area contributed by atoms with Gasteiger partial charge < -0.3 is 5.32 Å². The standard InChI is InChI=1S/C17H15N5O3/c1-11-14-9-13(10-18-17(14)21(2)20-11)19-16(23)8-7-12-5-3-4-6-15(12)22(24)25/h3-10H,1-2H3,(H,19,23)/b8-7+. The molecule has 3 rings (SSSR count). The second kappa shape index (κ2) is 6.52. The largest absolute Gasteiger partial charge is 0.321 e. The lowest BCUT2D eigenvalue weighted by atomic mass is 10.1. The van der Waals surface area contributed by atoms with E-state index in [9.17, 15) is 14.9 Å². The first-order valence-corrected chi connectivity index (χ1v) is 7.47. The maximum atomic E-state index is 12.1. The van der Waals surface area contributed by atoms with E-state index in [1.54, 1.807) is 42.2 Å². The van der Waals surface area contributed by atoms with Crippen LogP contribution in [0.4, 0.5) is 11.4 Å². The predicted octanol–water partition coefficient (Wildman–Crippen LogP) is 2.84. The van der Waals surface area contributed by atoms with E-state index in [1.807, 2.05) is 6.92 Å². The van der Waals surface area contributed by atoms with Gasteiger partial charge in [0.1, 0.15) is 0 Å². The molecule has 0 aliphatic heterocycles. The minimum Gasteiger partial charge on any atom is -0.321 e. The molecular weight excluding hydrogens is 322 g/mol. The molecule has 8 heteroatoms. The van der Waals surface area contributed by atoms with Crippen LogP contribution >= 0.6 is 0 Å². The maximum Gasteiger partial charge on any atom is 0.276 e. The van der Waals surface area contributed by atoms with Gasteiger partial charge in [0.15, 0.2) is 5.65 Å². The zero-order valence-corrected chi connectivity index (χ0v) is 13.6. The second-order valence-electron chi connectivity index (χ2n) is 5.44. The third-order valence-electron chi connectivity index (χ3n) is 3.68. The summed E-state index contributed by atoms with van der Waals surface area (Å²) in [6.45, 7) is 1.87. The summed E-state index contributed by atoms with van der Waals surface area (Å²) >= 11 is 0. The van der Waals surface area contributed by atoms with Crippen LogP contribution in [0.15, 0.2) is 42.6 Å². The quantitative estimate of drug-likeness (QED) is 0.448. The summed E-state index contributed by atoms with van der Waals surface area (Å²) in [4.78, 5) is 26.8. The summed E-state index contributed by atoms with van der Waals surface area (Å²) in [5, 5.41) is 18.8. The summed E-state index contributed by atoms with van der Waals surface area (Å²) in [5.41, 5.74) is 2.38. The van der Waals surface area contributed by atoms with Crippen LogP contribution in [0.2, 0.25) is 0 Å². The van der Waals surface area contributed by atoms with Crippen LogP contribution in [-0.4, -0.2) is 25.6 Å². The van der Waals surface area contributed by atoms with E-state index in [-0.39, 0.29) is 5.69 Å². The van der Waals surface area contributed by atoms with Crippen LogP contribution in [0.1, 0.15) is 11.3 Å². The number of amides is 1. The third kappa shape index (κ3) is 3.37. The van der Waals surface area contributed by atoms with E-state index < -0.39 is 10.8 Å². The Labute approximate surface area is 142 Å². The molecule has 126 valence electrons. The average molecular weight is 337 g/mol. The molecule has 1 aromatic carbocycles. The van der Waals surface area contributed by atoms with Gasteiger partial charge >= 0.3 is 0 Å². The molecule has 1 amide bonds. The number of rotatable bonds is 4. The Morgan fingerprint density at radius 2 is 2.12 bits per heavy atom. The summed E-state index contributed by atoms with van der Waals surface area (Å²) < 4.78 is 1.67. The van der Waals surface area contributed by atoms with Crippen molar-refractivity contribution < 1.29 is 9.72 Å². The minimum atomic E-state index is -0.486. The average Bonchev–Trinajstić information content (AvgIpc) is 2.87. The Morgan fingerprint density at radius 1 is 1.36 bits per heavy atom. The van der Waals surface area contributed by atoms with Crippen LogP contribution in [0.3, 0.4) is 0 Å². The molecule has 0 saturated carbocycles. The summed E-state index contributed by atoms with van der Waals surface area (Å²) in [5.74, 6) is -0.402. The molecule has 8 nitrogen and oxygen atoms in total. The number of benzene rings is 1. The fraction of sp³-hybridized carbons (Fsp3) is 0.118. The molecule has 0 aliphatic carbocycles. The number of carbonyl (C=O) groups is 1. The number of hydrogen-bond acceptors (Lipinski definition) is 5. The van der Waals surface area contributed by atoms with Gasteiger partial charge in [-0.25, -0.2) is 4.98 Å². The zero-order valence-electron chi connectivity index (χ0n) is 13.6. The number of hydrogen-bond donors (Lipinski definition) is 1. The summed E-state index contributed by atoms with van der Waals surface area (Å²) in [7, 11) is 1.80. The maximum absolute atomic E-state index is 12.1. The van der Waals surface area contributed by atoms with Gasteiger partial charge in [-0.05, 0) is 25.1 Å². The molecule has 1 N–H and O–H groups in total. The Morgan fingerprint density at radius 3 is 2.88 bits per heavy atom. The van der Waals surface area contributed by atoms with E-state index in [2.05, 4.69) is 15.4 Å². The van der Waals surface area contributed by atoms with Crippen molar-refractivity contribution in [3.63, 3.8) is 0 Å². The number of nitro groups is 1. The van der Waals surface area contributed by atoms with Crippen LogP contribution in [0.25, 0.3) is 17.1 Å². The van der Waals surface area contributed by atoms with Crippen molar-refractivity contribution in [1.29, 1.82) is 0 Å². The molecule has 0 aliphatic rings. The molecule has 0 radical (unpaired) electrons. The number of aromatic nitrogens is 3. The Kier molecular flexibility index (Phi) is 4.25. The van der Waals surface area contributed by atoms with Crippen LogP contribution < -0.4 is 5.32 Å². The van der Waals surface area contributed by atoms with E-state index >= 15 is 0 Å². The molecule has 0 saturated heterocycles. The number of nitro benzene ring substituents is 1. The van der Waals surface area contributed by atoms with Gasteiger partial charge in [0.25, 0.3) is 5.69 Å². The molecule has 0 atom stereocenters. The Hall–Kier alpha value is -3.55. The Balaban J connectivity index is 1.79. The highest BCUT2D eigenvalue weighted by Gasteiger charge is 2.11.